The summed E-state index contributed by atoms with van der Waals surface area (Å²) in [4.78, 5) is 23.5. The Hall–Kier alpha value is -2.76. The zero-order valence-corrected chi connectivity index (χ0v) is 14.3. The van der Waals surface area contributed by atoms with Crippen LogP contribution in [0.2, 0.25) is 0 Å². The van der Waals surface area contributed by atoms with E-state index in [0.717, 1.165) is 37.2 Å². The van der Waals surface area contributed by atoms with Gasteiger partial charge in [0.15, 0.2) is 5.65 Å². The van der Waals surface area contributed by atoms with Crippen molar-refractivity contribution in [1.82, 2.24) is 24.5 Å². The van der Waals surface area contributed by atoms with Gasteiger partial charge < -0.3 is 4.90 Å². The number of aromatic nitrogens is 4. The Morgan fingerprint density at radius 2 is 2.08 bits per heavy atom. The maximum Gasteiger partial charge on any atom is 0.259 e. The molecule has 3 aromatic heterocycles. The van der Waals surface area contributed by atoms with E-state index in [0.29, 0.717) is 17.1 Å². The van der Waals surface area contributed by atoms with Gasteiger partial charge in [0, 0.05) is 37.2 Å². The van der Waals surface area contributed by atoms with Gasteiger partial charge in [0.1, 0.15) is 5.56 Å². The topological polar surface area (TPSA) is 63.4 Å². The van der Waals surface area contributed by atoms with Crippen molar-refractivity contribution in [3.63, 3.8) is 0 Å². The van der Waals surface area contributed by atoms with E-state index in [2.05, 4.69) is 22.0 Å². The highest BCUT2D eigenvalue weighted by atomic mass is 16.2. The summed E-state index contributed by atoms with van der Waals surface area (Å²) in [6.07, 6.45) is 10.2. The van der Waals surface area contributed by atoms with Gasteiger partial charge in [0.25, 0.3) is 5.91 Å². The van der Waals surface area contributed by atoms with Crippen LogP contribution in [0.1, 0.15) is 36.5 Å². The molecule has 4 rings (SSSR count). The lowest BCUT2D eigenvalue weighted by atomic mass is 10.0. The van der Waals surface area contributed by atoms with Crippen LogP contribution in [-0.4, -0.2) is 43.5 Å². The molecule has 1 fully saturated rings. The zero-order valence-electron chi connectivity index (χ0n) is 14.3. The number of hydrogen-bond acceptors (Lipinski definition) is 4. The van der Waals surface area contributed by atoms with Gasteiger partial charge in [-0.1, -0.05) is 6.92 Å². The van der Waals surface area contributed by atoms with Gasteiger partial charge in [-0.25, -0.2) is 9.50 Å². The Labute approximate surface area is 146 Å². The maximum absolute atomic E-state index is 13.0. The minimum atomic E-state index is 0.0277. The third-order valence-corrected chi connectivity index (χ3v) is 4.89. The second-order valence-electron chi connectivity index (χ2n) is 6.69. The quantitative estimate of drug-likeness (QED) is 0.722. The van der Waals surface area contributed by atoms with E-state index in [-0.39, 0.29) is 5.91 Å². The molecule has 0 radical (unpaired) electrons. The number of likely N-dealkylation sites (tertiary alicyclic amines) is 1. The monoisotopic (exact) mass is 335 g/mol. The van der Waals surface area contributed by atoms with Gasteiger partial charge in [0.2, 0.25) is 0 Å². The first-order chi connectivity index (χ1) is 12.2. The summed E-state index contributed by atoms with van der Waals surface area (Å²) < 4.78 is 1.73. The van der Waals surface area contributed by atoms with E-state index < -0.39 is 0 Å². The molecule has 0 aliphatic carbocycles. The van der Waals surface area contributed by atoms with Gasteiger partial charge in [-0.2, -0.15) is 5.10 Å². The third-order valence-electron chi connectivity index (χ3n) is 4.89. The largest absolute Gasteiger partial charge is 0.338 e. The lowest BCUT2D eigenvalue weighted by Gasteiger charge is -2.19. The average Bonchev–Trinajstić information content (AvgIpc) is 2.97. The highest BCUT2D eigenvalue weighted by molar-refractivity contribution is 5.99. The number of pyridine rings is 1. The molecule has 6 nitrogen and oxygen atoms in total. The average molecular weight is 335 g/mol. The fraction of sp³-hybridized carbons (Fsp3) is 0.368. The first-order valence-electron chi connectivity index (χ1n) is 8.76. The number of rotatable bonds is 2. The summed E-state index contributed by atoms with van der Waals surface area (Å²) in [5.74, 6) is 0.706. The first-order valence-corrected chi connectivity index (χ1v) is 8.76. The molecule has 1 unspecified atom stereocenters. The Morgan fingerprint density at radius 1 is 1.16 bits per heavy atom. The van der Waals surface area contributed by atoms with Crippen molar-refractivity contribution in [3.05, 3.63) is 48.5 Å². The van der Waals surface area contributed by atoms with Crippen molar-refractivity contribution in [1.29, 1.82) is 0 Å². The predicted molar refractivity (Wildman–Crippen MR) is 95.1 cm³/mol. The smallest absolute Gasteiger partial charge is 0.259 e. The Bertz CT molecular complexity index is 889. The molecule has 1 amide bonds. The number of nitrogens with zero attached hydrogens (tertiary/aromatic N) is 5. The Morgan fingerprint density at radius 3 is 2.92 bits per heavy atom. The molecule has 3 aromatic rings. The van der Waals surface area contributed by atoms with Crippen molar-refractivity contribution in [3.8, 4) is 11.3 Å². The van der Waals surface area contributed by atoms with Crippen LogP contribution in [0, 0.1) is 5.92 Å². The van der Waals surface area contributed by atoms with E-state index >= 15 is 0 Å². The van der Waals surface area contributed by atoms with Crippen LogP contribution in [0.4, 0.5) is 0 Å². The molecule has 6 heteroatoms. The van der Waals surface area contributed by atoms with E-state index in [1.807, 2.05) is 23.1 Å². The second kappa shape index (κ2) is 6.63. The summed E-state index contributed by atoms with van der Waals surface area (Å²) >= 11 is 0. The Balaban J connectivity index is 1.71. The van der Waals surface area contributed by atoms with Crippen molar-refractivity contribution in [2.45, 2.75) is 26.2 Å². The summed E-state index contributed by atoms with van der Waals surface area (Å²) in [6, 6.07) is 5.75. The molecule has 1 atom stereocenters. The van der Waals surface area contributed by atoms with Crippen molar-refractivity contribution in [2.75, 3.05) is 13.1 Å². The van der Waals surface area contributed by atoms with Crippen molar-refractivity contribution in [2.24, 2.45) is 5.92 Å². The molecule has 0 spiro atoms. The highest BCUT2D eigenvalue weighted by Crippen LogP contribution is 2.22. The van der Waals surface area contributed by atoms with E-state index in [9.17, 15) is 4.79 Å². The minimum absolute atomic E-state index is 0.0277. The molecule has 128 valence electrons. The molecule has 0 saturated carbocycles. The molecule has 0 bridgehead atoms. The Kier molecular flexibility index (Phi) is 4.17. The molecular weight excluding hydrogens is 314 g/mol. The second-order valence-corrected chi connectivity index (χ2v) is 6.69. The number of hydrogen-bond donors (Lipinski definition) is 0. The standard InChI is InChI=1S/C19H21N5O/c1-14-4-3-10-23(11-7-14)19(25)16-13-22-24-17(6-9-21-18(16)24)15-5-2-8-20-12-15/h2,5-6,8-9,12-14H,3-4,7,10-11H2,1H3. The molecule has 1 aliphatic heterocycles. The van der Waals surface area contributed by atoms with Crippen LogP contribution >= 0.6 is 0 Å². The number of carbonyl (C=O) groups excluding carboxylic acids is 1. The SMILES string of the molecule is CC1CCCN(C(=O)c2cnn3c(-c4cccnc4)ccnc23)CC1. The lowest BCUT2D eigenvalue weighted by Crippen LogP contribution is -2.32. The van der Waals surface area contributed by atoms with Crippen LogP contribution < -0.4 is 0 Å². The lowest BCUT2D eigenvalue weighted by molar-refractivity contribution is 0.0762. The first kappa shape index (κ1) is 15.7. The minimum Gasteiger partial charge on any atom is -0.338 e. The molecular formula is C19H21N5O. The fourth-order valence-electron chi connectivity index (χ4n) is 3.41. The third kappa shape index (κ3) is 2.99. The zero-order chi connectivity index (χ0) is 17.2. The van der Waals surface area contributed by atoms with Gasteiger partial charge in [-0.3, -0.25) is 9.78 Å². The van der Waals surface area contributed by atoms with Crippen LogP contribution in [0.25, 0.3) is 16.9 Å². The number of carbonyl (C=O) groups is 1. The van der Waals surface area contributed by atoms with Gasteiger partial charge in [-0.15, -0.1) is 0 Å². The van der Waals surface area contributed by atoms with Crippen LogP contribution in [0.3, 0.4) is 0 Å². The molecule has 25 heavy (non-hydrogen) atoms. The van der Waals surface area contributed by atoms with Crippen LogP contribution in [-0.2, 0) is 0 Å². The van der Waals surface area contributed by atoms with E-state index in [1.54, 1.807) is 29.3 Å². The molecule has 0 aromatic carbocycles. The number of fused-ring (bicyclic) bond motifs is 1. The van der Waals surface area contributed by atoms with E-state index in [4.69, 9.17) is 0 Å². The highest BCUT2D eigenvalue weighted by Gasteiger charge is 2.23. The normalized spacial score (nSPS) is 18.3. The predicted octanol–water partition coefficient (Wildman–Crippen LogP) is 3.05. The molecule has 0 N–H and O–H groups in total. The van der Waals surface area contributed by atoms with Crippen molar-refractivity contribution >= 4 is 11.6 Å². The van der Waals surface area contributed by atoms with Crippen LogP contribution in [0.5, 0.6) is 0 Å². The molecule has 1 aliphatic rings. The summed E-state index contributed by atoms with van der Waals surface area (Å²) in [6.45, 7) is 3.87. The van der Waals surface area contributed by atoms with Crippen molar-refractivity contribution < 1.29 is 4.79 Å². The van der Waals surface area contributed by atoms with Gasteiger partial charge in [-0.05, 0) is 43.4 Å². The fourth-order valence-corrected chi connectivity index (χ4v) is 3.41. The summed E-state index contributed by atoms with van der Waals surface area (Å²) in [5.41, 5.74) is 2.99. The summed E-state index contributed by atoms with van der Waals surface area (Å²) in [7, 11) is 0. The van der Waals surface area contributed by atoms with Gasteiger partial charge >= 0.3 is 0 Å². The van der Waals surface area contributed by atoms with E-state index in [1.165, 1.54) is 6.42 Å². The molecule has 1 saturated heterocycles. The summed E-state index contributed by atoms with van der Waals surface area (Å²) in [5, 5.41) is 4.43. The molecule has 4 heterocycles. The van der Waals surface area contributed by atoms with Crippen LogP contribution in [0.15, 0.2) is 43.0 Å². The van der Waals surface area contributed by atoms with Gasteiger partial charge in [0.05, 0.1) is 11.9 Å². The maximum atomic E-state index is 13.0. The number of amides is 1.